The maximum absolute atomic E-state index is 13.6. The van der Waals surface area contributed by atoms with Crippen LogP contribution in [0.4, 0.5) is 37.8 Å². The van der Waals surface area contributed by atoms with Crippen LogP contribution >= 0.6 is 0 Å². The molecule has 0 saturated heterocycles. The largest absolute Gasteiger partial charge is 0.417 e. The quantitative estimate of drug-likeness (QED) is 0.296. The Balaban J connectivity index is 1.80. The lowest BCUT2D eigenvalue weighted by molar-refractivity contribution is -0.141. The van der Waals surface area contributed by atoms with Gasteiger partial charge in [-0.3, -0.25) is 4.98 Å². The lowest BCUT2D eigenvalue weighted by Crippen LogP contribution is -2.11. The SMILES string of the molecule is FC(F)(F)c1ccc(C(F)(F)F)c(-c2nc3c([nH]2)-c2ccncc2Nc2ncccc2-3)c1. The second-order valence-electron chi connectivity index (χ2n) is 7.01. The normalized spacial score (nSPS) is 12.9. The Kier molecular flexibility index (Phi) is 4.26. The van der Waals surface area contributed by atoms with E-state index in [9.17, 15) is 26.3 Å². The van der Waals surface area contributed by atoms with Crippen LogP contribution in [-0.2, 0) is 12.4 Å². The van der Waals surface area contributed by atoms with Crippen molar-refractivity contribution in [1.82, 2.24) is 19.9 Å². The monoisotopic (exact) mass is 447 g/mol. The van der Waals surface area contributed by atoms with Crippen LogP contribution in [0.1, 0.15) is 11.1 Å². The van der Waals surface area contributed by atoms with Crippen LogP contribution in [0.2, 0.25) is 0 Å². The van der Waals surface area contributed by atoms with Crippen molar-refractivity contribution in [2.75, 3.05) is 5.32 Å². The average molecular weight is 447 g/mol. The number of halogens is 6. The molecule has 0 bridgehead atoms. The second-order valence-corrected chi connectivity index (χ2v) is 7.01. The van der Waals surface area contributed by atoms with Gasteiger partial charge in [0.05, 0.1) is 28.7 Å². The van der Waals surface area contributed by atoms with E-state index in [1.54, 1.807) is 18.2 Å². The number of pyridine rings is 2. The van der Waals surface area contributed by atoms with Gasteiger partial charge >= 0.3 is 12.4 Å². The predicted molar refractivity (Wildman–Crippen MR) is 104 cm³/mol. The first-order valence-corrected chi connectivity index (χ1v) is 9.18. The molecule has 5 nitrogen and oxygen atoms in total. The summed E-state index contributed by atoms with van der Waals surface area (Å²) in [4.78, 5) is 15.4. The van der Waals surface area contributed by atoms with E-state index in [1.165, 1.54) is 18.6 Å². The minimum absolute atomic E-state index is 0.256. The standard InChI is InChI=1S/C21H11F6N5/c22-20(23,24)10-3-4-14(21(25,26)27)13(8-10)19-31-16-11-5-7-28-9-15(11)30-18-12(17(16)32-19)2-1-6-29-18/h1-9H,(H,29,30)(H,31,32). The van der Waals surface area contributed by atoms with Gasteiger partial charge in [0.25, 0.3) is 0 Å². The zero-order valence-electron chi connectivity index (χ0n) is 15.8. The molecule has 0 radical (unpaired) electrons. The maximum Gasteiger partial charge on any atom is 0.417 e. The summed E-state index contributed by atoms with van der Waals surface area (Å²) in [7, 11) is 0. The van der Waals surface area contributed by atoms with Crippen LogP contribution in [0, 0.1) is 0 Å². The molecule has 1 aliphatic heterocycles. The predicted octanol–water partition coefficient (Wildman–Crippen LogP) is 6.30. The van der Waals surface area contributed by atoms with Crippen molar-refractivity contribution in [3.05, 3.63) is 66.1 Å². The number of nitrogens with zero attached hydrogens (tertiary/aromatic N) is 3. The smallest absolute Gasteiger partial charge is 0.338 e. The molecule has 4 heterocycles. The molecule has 162 valence electrons. The van der Waals surface area contributed by atoms with Gasteiger partial charge in [-0.15, -0.1) is 0 Å². The molecule has 1 aromatic carbocycles. The van der Waals surface area contributed by atoms with Gasteiger partial charge in [0.15, 0.2) is 0 Å². The van der Waals surface area contributed by atoms with Gasteiger partial charge in [-0.2, -0.15) is 26.3 Å². The number of hydrogen-bond acceptors (Lipinski definition) is 4. The fourth-order valence-electron chi connectivity index (χ4n) is 3.59. The molecule has 3 aromatic heterocycles. The van der Waals surface area contributed by atoms with Crippen LogP contribution in [-0.4, -0.2) is 19.9 Å². The van der Waals surface area contributed by atoms with E-state index < -0.39 is 29.0 Å². The third-order valence-corrected chi connectivity index (χ3v) is 5.02. The molecular formula is C21H11F6N5. The third-order valence-electron chi connectivity index (χ3n) is 5.02. The minimum Gasteiger partial charge on any atom is -0.338 e. The summed E-state index contributed by atoms with van der Waals surface area (Å²) >= 11 is 0. The van der Waals surface area contributed by atoms with E-state index in [0.29, 0.717) is 46.5 Å². The van der Waals surface area contributed by atoms with Gasteiger partial charge in [0, 0.05) is 29.1 Å². The van der Waals surface area contributed by atoms with Crippen molar-refractivity contribution in [2.45, 2.75) is 12.4 Å². The summed E-state index contributed by atoms with van der Waals surface area (Å²) in [5.74, 6) is 0.0477. The highest BCUT2D eigenvalue weighted by atomic mass is 19.4. The number of H-pyrrole nitrogens is 1. The fraction of sp³-hybridized carbons (Fsp3) is 0.0952. The van der Waals surface area contributed by atoms with Crippen molar-refractivity contribution in [2.24, 2.45) is 0 Å². The Morgan fingerprint density at radius 1 is 0.812 bits per heavy atom. The Morgan fingerprint density at radius 2 is 1.62 bits per heavy atom. The highest BCUT2D eigenvalue weighted by Crippen LogP contribution is 2.45. The lowest BCUT2D eigenvalue weighted by atomic mass is 10.0. The van der Waals surface area contributed by atoms with Gasteiger partial charge < -0.3 is 10.3 Å². The number of aromatic nitrogens is 4. The molecule has 0 amide bonds. The van der Waals surface area contributed by atoms with Crippen LogP contribution in [0.15, 0.2) is 55.0 Å². The number of rotatable bonds is 1. The number of imidazole rings is 1. The summed E-state index contributed by atoms with van der Waals surface area (Å²) in [6.45, 7) is 0. The van der Waals surface area contributed by atoms with Gasteiger partial charge in [-0.1, -0.05) is 0 Å². The molecule has 5 rings (SSSR count). The topological polar surface area (TPSA) is 66.5 Å². The van der Waals surface area contributed by atoms with Crippen LogP contribution < -0.4 is 5.32 Å². The van der Waals surface area contributed by atoms with Crippen LogP contribution in [0.25, 0.3) is 33.9 Å². The summed E-state index contributed by atoms with van der Waals surface area (Å²) in [6, 6.07) is 6.18. The fourth-order valence-corrected chi connectivity index (χ4v) is 3.59. The lowest BCUT2D eigenvalue weighted by Gasteiger charge is -2.14. The van der Waals surface area contributed by atoms with Crippen LogP contribution in [0.5, 0.6) is 0 Å². The number of fused-ring (bicyclic) bond motifs is 5. The molecular weight excluding hydrogens is 436 g/mol. The molecule has 0 saturated carbocycles. The summed E-state index contributed by atoms with van der Waals surface area (Å²) < 4.78 is 80.7. The molecule has 0 atom stereocenters. The molecule has 11 heteroatoms. The number of alkyl halides is 6. The third kappa shape index (κ3) is 3.26. The summed E-state index contributed by atoms with van der Waals surface area (Å²) in [6.07, 6.45) is -5.18. The Bertz CT molecular complexity index is 1280. The molecule has 1 aliphatic rings. The average Bonchev–Trinajstić information content (AvgIpc) is 3.13. The van der Waals surface area contributed by atoms with E-state index in [2.05, 4.69) is 25.3 Å². The molecule has 32 heavy (non-hydrogen) atoms. The first-order chi connectivity index (χ1) is 15.1. The maximum atomic E-state index is 13.6. The number of hydrogen-bond donors (Lipinski definition) is 2. The number of anilines is 2. The zero-order chi connectivity index (χ0) is 22.7. The number of aromatic amines is 1. The molecule has 2 N–H and O–H groups in total. The molecule has 0 unspecified atom stereocenters. The van der Waals surface area contributed by atoms with Gasteiger partial charge in [0.2, 0.25) is 0 Å². The van der Waals surface area contributed by atoms with E-state index in [1.807, 2.05) is 0 Å². The minimum atomic E-state index is -4.88. The van der Waals surface area contributed by atoms with Crippen molar-refractivity contribution in [3.63, 3.8) is 0 Å². The Hall–Kier alpha value is -3.89. The molecule has 0 spiro atoms. The van der Waals surface area contributed by atoms with Gasteiger partial charge in [0.1, 0.15) is 17.3 Å². The Labute approximate surface area is 176 Å². The van der Waals surface area contributed by atoms with Gasteiger partial charge in [-0.25, -0.2) is 9.97 Å². The zero-order valence-corrected chi connectivity index (χ0v) is 15.8. The summed E-state index contributed by atoms with van der Waals surface area (Å²) in [5.41, 5.74) is -1.02. The van der Waals surface area contributed by atoms with Gasteiger partial charge in [-0.05, 0) is 36.4 Å². The molecule has 0 aliphatic carbocycles. The molecule has 0 fully saturated rings. The van der Waals surface area contributed by atoms with Crippen molar-refractivity contribution in [3.8, 4) is 33.9 Å². The van der Waals surface area contributed by atoms with Crippen molar-refractivity contribution in [1.29, 1.82) is 0 Å². The number of nitrogens with one attached hydrogen (secondary N) is 2. The Morgan fingerprint density at radius 3 is 2.38 bits per heavy atom. The van der Waals surface area contributed by atoms with Crippen molar-refractivity contribution < 1.29 is 26.3 Å². The van der Waals surface area contributed by atoms with E-state index in [0.717, 1.165) is 0 Å². The van der Waals surface area contributed by atoms with E-state index >= 15 is 0 Å². The van der Waals surface area contributed by atoms with Crippen LogP contribution in [0.3, 0.4) is 0 Å². The first kappa shape index (κ1) is 20.0. The molecule has 4 aromatic rings. The van der Waals surface area contributed by atoms with Crippen molar-refractivity contribution >= 4 is 11.5 Å². The summed E-state index contributed by atoms with van der Waals surface area (Å²) in [5, 5.41) is 3.10. The van der Waals surface area contributed by atoms with E-state index in [4.69, 9.17) is 0 Å². The van der Waals surface area contributed by atoms with E-state index in [-0.39, 0.29) is 11.5 Å². The highest BCUT2D eigenvalue weighted by molar-refractivity contribution is 5.95. The second kappa shape index (κ2) is 6.81. The number of benzene rings is 1. The highest BCUT2D eigenvalue weighted by Gasteiger charge is 2.38. The first-order valence-electron chi connectivity index (χ1n) is 9.18.